The molecule has 0 aliphatic rings. The van der Waals surface area contributed by atoms with Crippen molar-refractivity contribution in [2.75, 3.05) is 13.1 Å². The Labute approximate surface area is 166 Å². The molecule has 2 N–H and O–H groups in total. The van der Waals surface area contributed by atoms with E-state index in [0.29, 0.717) is 0 Å². The number of likely N-dealkylation sites (N-methyl/N-ethyl adjacent to an activating group) is 1. The zero-order valence-corrected chi connectivity index (χ0v) is 18.2. The summed E-state index contributed by atoms with van der Waals surface area (Å²) in [6.45, 7) is 10.8. The van der Waals surface area contributed by atoms with E-state index in [4.69, 9.17) is 11.6 Å². The molecule has 0 aliphatic carbocycles. The third-order valence-corrected chi connectivity index (χ3v) is 5.37. The van der Waals surface area contributed by atoms with Gasteiger partial charge in [-0.15, -0.1) is 0 Å². The van der Waals surface area contributed by atoms with Gasteiger partial charge in [-0.3, -0.25) is 9.59 Å². The molecule has 0 fully saturated rings. The van der Waals surface area contributed by atoms with Gasteiger partial charge in [-0.1, -0.05) is 11.6 Å². The first-order valence-electron chi connectivity index (χ1n) is 8.69. The van der Waals surface area contributed by atoms with Crippen LogP contribution in [0.1, 0.15) is 51.9 Å². The molecule has 1 aromatic rings. The van der Waals surface area contributed by atoms with E-state index in [0.717, 1.165) is 0 Å². The summed E-state index contributed by atoms with van der Waals surface area (Å²) in [6, 6.07) is 3.65. The normalized spacial score (nSPS) is 12.1. The highest BCUT2D eigenvalue weighted by atomic mass is 35.5. The first-order chi connectivity index (χ1) is 12.3. The average Bonchev–Trinajstić information content (AvgIpc) is 2.49. The van der Waals surface area contributed by atoms with Gasteiger partial charge in [-0.25, -0.2) is 13.1 Å². The summed E-state index contributed by atoms with van der Waals surface area (Å²) in [5, 5.41) is 2.91. The summed E-state index contributed by atoms with van der Waals surface area (Å²) in [5.74, 6) is -0.813. The molecule has 0 aliphatic heterocycles. The predicted octanol–water partition coefficient (Wildman–Crippen LogP) is 2.40. The number of sulfonamides is 1. The monoisotopic (exact) mass is 417 g/mol. The number of benzene rings is 1. The zero-order chi connectivity index (χ0) is 21.0. The Kier molecular flexibility index (Phi) is 7.83. The van der Waals surface area contributed by atoms with Crippen LogP contribution in [0.15, 0.2) is 23.1 Å². The fourth-order valence-electron chi connectivity index (χ4n) is 2.34. The smallest absolute Gasteiger partial charge is 0.255 e. The molecule has 2 amide bonds. The van der Waals surface area contributed by atoms with Crippen molar-refractivity contribution < 1.29 is 18.0 Å². The molecule has 0 saturated heterocycles. The minimum Gasteiger partial charge on any atom is -0.350 e. The molecule has 0 spiro atoms. The standard InChI is InChI=1S/C18H28ClN3O4S/c1-7-22(11-16(23)20-18(4,5)6)17(24)14-10-13(8-9-15(14)19)27(25,26)21-12(2)3/h8-10,12,21H,7,11H2,1-6H3,(H,20,23). The molecule has 0 saturated carbocycles. The molecule has 0 heterocycles. The number of amides is 2. The van der Waals surface area contributed by atoms with Crippen LogP contribution in [0, 0.1) is 0 Å². The Hall–Kier alpha value is -1.64. The molecule has 0 atom stereocenters. The lowest BCUT2D eigenvalue weighted by atomic mass is 10.1. The summed E-state index contributed by atoms with van der Waals surface area (Å²) in [5.41, 5.74) is -0.387. The van der Waals surface area contributed by atoms with E-state index in [-0.39, 0.29) is 40.5 Å². The number of rotatable bonds is 7. The molecular weight excluding hydrogens is 390 g/mol. The summed E-state index contributed by atoms with van der Waals surface area (Å²) in [7, 11) is -3.77. The maximum absolute atomic E-state index is 12.8. The summed E-state index contributed by atoms with van der Waals surface area (Å²) >= 11 is 6.13. The molecule has 27 heavy (non-hydrogen) atoms. The van der Waals surface area contributed by atoms with Crippen molar-refractivity contribution in [1.82, 2.24) is 14.9 Å². The summed E-state index contributed by atoms with van der Waals surface area (Å²) in [4.78, 5) is 26.3. The van der Waals surface area contributed by atoms with Gasteiger partial charge in [-0.2, -0.15) is 0 Å². The van der Waals surface area contributed by atoms with Crippen LogP contribution in [0.25, 0.3) is 0 Å². The van der Waals surface area contributed by atoms with Gasteiger partial charge in [0, 0.05) is 18.1 Å². The first kappa shape index (κ1) is 23.4. The van der Waals surface area contributed by atoms with Crippen molar-refractivity contribution in [3.63, 3.8) is 0 Å². The van der Waals surface area contributed by atoms with Crippen LogP contribution in [0.3, 0.4) is 0 Å². The summed E-state index contributed by atoms with van der Waals surface area (Å²) < 4.78 is 27.2. The van der Waals surface area contributed by atoms with Crippen LogP contribution in [0.5, 0.6) is 0 Å². The fraction of sp³-hybridized carbons (Fsp3) is 0.556. The molecule has 0 unspecified atom stereocenters. The highest BCUT2D eigenvalue weighted by molar-refractivity contribution is 7.89. The first-order valence-corrected chi connectivity index (χ1v) is 10.5. The van der Waals surface area contributed by atoms with E-state index in [2.05, 4.69) is 10.0 Å². The molecule has 0 aromatic heterocycles. The number of nitrogens with one attached hydrogen (secondary N) is 2. The second kappa shape index (κ2) is 9.03. The Morgan fingerprint density at radius 3 is 2.30 bits per heavy atom. The number of carbonyl (C=O) groups excluding carboxylic acids is 2. The molecule has 7 nitrogen and oxygen atoms in total. The van der Waals surface area contributed by atoms with Crippen LogP contribution in [0.4, 0.5) is 0 Å². The fourth-order valence-corrected chi connectivity index (χ4v) is 3.82. The van der Waals surface area contributed by atoms with Crippen LogP contribution in [-0.4, -0.2) is 49.8 Å². The maximum atomic E-state index is 12.8. The van der Waals surface area contributed by atoms with Crippen molar-refractivity contribution in [1.29, 1.82) is 0 Å². The van der Waals surface area contributed by atoms with Gasteiger partial charge in [0.25, 0.3) is 5.91 Å². The van der Waals surface area contributed by atoms with Gasteiger partial charge in [0.1, 0.15) is 0 Å². The number of halogens is 1. The van der Waals surface area contributed by atoms with Gasteiger partial charge in [0.05, 0.1) is 22.0 Å². The molecule has 1 rings (SSSR count). The number of carbonyl (C=O) groups is 2. The van der Waals surface area contributed by atoms with Crippen LogP contribution in [-0.2, 0) is 14.8 Å². The topological polar surface area (TPSA) is 95.6 Å². The number of nitrogens with zero attached hydrogens (tertiary/aromatic N) is 1. The Balaban J connectivity index is 3.14. The van der Waals surface area contributed by atoms with Gasteiger partial charge >= 0.3 is 0 Å². The third-order valence-electron chi connectivity index (χ3n) is 3.39. The maximum Gasteiger partial charge on any atom is 0.255 e. The molecule has 0 bridgehead atoms. The van der Waals surface area contributed by atoms with E-state index in [1.807, 2.05) is 20.8 Å². The largest absolute Gasteiger partial charge is 0.350 e. The predicted molar refractivity (Wildman–Crippen MR) is 106 cm³/mol. The zero-order valence-electron chi connectivity index (χ0n) is 16.6. The molecular formula is C18H28ClN3O4S. The van der Waals surface area contributed by atoms with Crippen molar-refractivity contribution >= 4 is 33.4 Å². The lowest BCUT2D eigenvalue weighted by molar-refractivity contribution is -0.123. The summed E-state index contributed by atoms with van der Waals surface area (Å²) in [6.07, 6.45) is 0. The van der Waals surface area contributed by atoms with E-state index in [1.54, 1.807) is 20.8 Å². The van der Waals surface area contributed by atoms with Gasteiger partial charge in [0.15, 0.2) is 0 Å². The Morgan fingerprint density at radius 1 is 1.22 bits per heavy atom. The van der Waals surface area contributed by atoms with Crippen molar-refractivity contribution in [3.05, 3.63) is 28.8 Å². The second-order valence-electron chi connectivity index (χ2n) is 7.54. The van der Waals surface area contributed by atoms with Gasteiger partial charge in [-0.05, 0) is 59.7 Å². The van der Waals surface area contributed by atoms with Crippen molar-refractivity contribution in [3.8, 4) is 0 Å². The van der Waals surface area contributed by atoms with Crippen LogP contribution < -0.4 is 10.0 Å². The lowest BCUT2D eigenvalue weighted by Gasteiger charge is -2.25. The van der Waals surface area contributed by atoms with Crippen molar-refractivity contribution in [2.45, 2.75) is 58.0 Å². The van der Waals surface area contributed by atoms with Gasteiger partial charge in [0.2, 0.25) is 15.9 Å². The van der Waals surface area contributed by atoms with Crippen molar-refractivity contribution in [2.24, 2.45) is 0 Å². The second-order valence-corrected chi connectivity index (χ2v) is 9.66. The minimum absolute atomic E-state index is 0.0358. The Morgan fingerprint density at radius 2 is 1.81 bits per heavy atom. The molecule has 1 aromatic carbocycles. The van der Waals surface area contributed by atoms with E-state index < -0.39 is 21.5 Å². The SMILES string of the molecule is CCN(CC(=O)NC(C)(C)C)C(=O)c1cc(S(=O)(=O)NC(C)C)ccc1Cl. The highest BCUT2D eigenvalue weighted by Gasteiger charge is 2.24. The number of hydrogen-bond acceptors (Lipinski definition) is 4. The quantitative estimate of drug-likeness (QED) is 0.712. The van der Waals surface area contributed by atoms with E-state index in [1.165, 1.54) is 23.1 Å². The average molecular weight is 418 g/mol. The molecule has 152 valence electrons. The minimum atomic E-state index is -3.77. The van der Waals surface area contributed by atoms with Gasteiger partial charge < -0.3 is 10.2 Å². The van der Waals surface area contributed by atoms with Crippen LogP contribution >= 0.6 is 11.6 Å². The number of hydrogen-bond donors (Lipinski definition) is 2. The molecule has 0 radical (unpaired) electrons. The van der Waals surface area contributed by atoms with Crippen LogP contribution in [0.2, 0.25) is 5.02 Å². The lowest BCUT2D eigenvalue weighted by Crippen LogP contribution is -2.47. The third kappa shape index (κ3) is 7.12. The van der Waals surface area contributed by atoms with E-state index >= 15 is 0 Å². The van der Waals surface area contributed by atoms with E-state index in [9.17, 15) is 18.0 Å². The Bertz CT molecular complexity index is 801. The highest BCUT2D eigenvalue weighted by Crippen LogP contribution is 2.22. The molecule has 9 heteroatoms.